The number of carbonyl (C=O) groups excluding carboxylic acids is 1. The smallest absolute Gasteiger partial charge is 0.350 e. The Labute approximate surface area is 119 Å². The Bertz CT molecular complexity index is 607. The number of rotatable bonds is 5. The molecule has 0 radical (unpaired) electrons. The second kappa shape index (κ2) is 7.11. The Morgan fingerprint density at radius 1 is 1.65 bits per heavy atom. The lowest BCUT2D eigenvalue weighted by Crippen LogP contribution is -2.07. The van der Waals surface area contributed by atoms with Gasteiger partial charge in [0, 0.05) is 18.0 Å². The van der Waals surface area contributed by atoms with Crippen molar-refractivity contribution in [1.29, 1.82) is 5.26 Å². The van der Waals surface area contributed by atoms with Gasteiger partial charge in [-0.2, -0.15) is 5.26 Å². The lowest BCUT2D eigenvalue weighted by Gasteiger charge is -2.03. The Kier molecular flexibility index (Phi) is 5.50. The Morgan fingerprint density at radius 2 is 2.35 bits per heavy atom. The molecular formula is C12H10ClN3O4. The van der Waals surface area contributed by atoms with Gasteiger partial charge in [-0.15, -0.1) is 0 Å². The summed E-state index contributed by atoms with van der Waals surface area (Å²) in [6, 6.07) is 5.62. The van der Waals surface area contributed by atoms with Gasteiger partial charge in [0.25, 0.3) is 5.69 Å². The second-order valence-electron chi connectivity index (χ2n) is 3.46. The third-order valence-electron chi connectivity index (χ3n) is 2.14. The van der Waals surface area contributed by atoms with Gasteiger partial charge in [-0.25, -0.2) is 4.79 Å². The number of halogens is 1. The molecule has 1 aromatic rings. The highest BCUT2D eigenvalue weighted by Crippen LogP contribution is 2.27. The normalized spacial score (nSPS) is 10.6. The van der Waals surface area contributed by atoms with Gasteiger partial charge in [0.2, 0.25) is 0 Å². The van der Waals surface area contributed by atoms with Gasteiger partial charge in [0.05, 0.1) is 11.5 Å². The molecule has 1 N–H and O–H groups in total. The van der Waals surface area contributed by atoms with Crippen LogP contribution in [0.3, 0.4) is 0 Å². The number of anilines is 1. The van der Waals surface area contributed by atoms with E-state index >= 15 is 0 Å². The summed E-state index contributed by atoms with van der Waals surface area (Å²) < 4.78 is 4.67. The monoisotopic (exact) mass is 295 g/mol. The summed E-state index contributed by atoms with van der Waals surface area (Å²) in [6.45, 7) is 1.78. The van der Waals surface area contributed by atoms with Crippen LogP contribution in [-0.2, 0) is 9.53 Å². The average molecular weight is 296 g/mol. The molecule has 0 spiro atoms. The second-order valence-corrected chi connectivity index (χ2v) is 3.87. The standard InChI is InChI=1S/C12H10ClN3O4/c1-2-20-12(17)8(6-14)7-15-9-3-4-11(16(18)19)10(13)5-9/h3-5,7,15H,2H2,1H3. The maximum Gasteiger partial charge on any atom is 0.350 e. The lowest BCUT2D eigenvalue weighted by molar-refractivity contribution is -0.384. The number of hydrogen-bond donors (Lipinski definition) is 1. The van der Waals surface area contributed by atoms with Gasteiger partial charge in [-0.1, -0.05) is 11.6 Å². The molecule has 1 aromatic carbocycles. The van der Waals surface area contributed by atoms with Crippen LogP contribution >= 0.6 is 11.6 Å². The minimum atomic E-state index is -0.754. The van der Waals surface area contributed by atoms with Crippen LogP contribution in [0.15, 0.2) is 30.0 Å². The zero-order chi connectivity index (χ0) is 15.1. The highest BCUT2D eigenvalue weighted by Gasteiger charge is 2.12. The third-order valence-corrected chi connectivity index (χ3v) is 2.45. The van der Waals surface area contributed by atoms with Crippen LogP contribution < -0.4 is 5.32 Å². The summed E-state index contributed by atoms with van der Waals surface area (Å²) in [5, 5.41) is 22.0. The molecule has 104 valence electrons. The van der Waals surface area contributed by atoms with Crippen LogP contribution in [-0.4, -0.2) is 17.5 Å². The van der Waals surface area contributed by atoms with Gasteiger partial charge in [0.15, 0.2) is 5.57 Å². The van der Waals surface area contributed by atoms with Crippen molar-refractivity contribution in [3.63, 3.8) is 0 Å². The van der Waals surface area contributed by atoms with Crippen molar-refractivity contribution >= 4 is 28.9 Å². The number of ether oxygens (including phenoxy) is 1. The number of carbonyl (C=O) groups is 1. The summed E-state index contributed by atoms with van der Waals surface area (Å²) in [4.78, 5) is 21.3. The number of nitro benzene ring substituents is 1. The van der Waals surface area contributed by atoms with E-state index in [2.05, 4.69) is 10.1 Å². The number of nitrogens with zero attached hydrogens (tertiary/aromatic N) is 2. The van der Waals surface area contributed by atoms with Gasteiger partial charge in [0.1, 0.15) is 11.1 Å². The first-order chi connectivity index (χ1) is 9.49. The van der Waals surface area contributed by atoms with Gasteiger partial charge < -0.3 is 10.1 Å². The fourth-order valence-corrected chi connectivity index (χ4v) is 1.50. The number of nitrogens with one attached hydrogen (secondary N) is 1. The van der Waals surface area contributed by atoms with E-state index in [9.17, 15) is 14.9 Å². The zero-order valence-corrected chi connectivity index (χ0v) is 11.2. The van der Waals surface area contributed by atoms with Gasteiger partial charge in [-0.3, -0.25) is 10.1 Å². The molecule has 20 heavy (non-hydrogen) atoms. The molecule has 0 aliphatic carbocycles. The Morgan fingerprint density at radius 3 is 2.85 bits per heavy atom. The fraction of sp³-hybridized carbons (Fsp3) is 0.167. The van der Waals surface area contributed by atoms with Crippen LogP contribution in [0.5, 0.6) is 0 Å². The van der Waals surface area contributed by atoms with E-state index in [-0.39, 0.29) is 22.9 Å². The largest absolute Gasteiger partial charge is 0.462 e. The van der Waals surface area contributed by atoms with E-state index in [4.69, 9.17) is 16.9 Å². The van der Waals surface area contributed by atoms with Crippen LogP contribution in [0.2, 0.25) is 5.02 Å². The first-order valence-electron chi connectivity index (χ1n) is 5.47. The molecule has 1 rings (SSSR count). The van der Waals surface area contributed by atoms with Crippen molar-refractivity contribution in [2.24, 2.45) is 0 Å². The summed E-state index contributed by atoms with van der Waals surface area (Å²) in [5.41, 5.74) is -0.0499. The quantitative estimate of drug-likeness (QED) is 0.294. The van der Waals surface area contributed by atoms with Crippen molar-refractivity contribution in [2.75, 3.05) is 11.9 Å². The van der Waals surface area contributed by atoms with Crippen molar-refractivity contribution in [3.05, 3.63) is 45.1 Å². The zero-order valence-electron chi connectivity index (χ0n) is 10.4. The molecule has 0 saturated carbocycles. The molecule has 8 heteroatoms. The fourth-order valence-electron chi connectivity index (χ4n) is 1.25. The van der Waals surface area contributed by atoms with Crippen LogP contribution in [0, 0.1) is 21.4 Å². The molecule has 0 aromatic heterocycles. The highest BCUT2D eigenvalue weighted by molar-refractivity contribution is 6.32. The van der Waals surface area contributed by atoms with Crippen LogP contribution in [0.1, 0.15) is 6.92 Å². The molecule has 0 saturated heterocycles. The van der Waals surface area contributed by atoms with Gasteiger partial charge in [-0.05, 0) is 19.1 Å². The summed E-state index contributed by atoms with van der Waals surface area (Å²) >= 11 is 5.73. The van der Waals surface area contributed by atoms with Crippen LogP contribution in [0.25, 0.3) is 0 Å². The van der Waals surface area contributed by atoms with E-state index in [1.807, 2.05) is 0 Å². The van der Waals surface area contributed by atoms with Crippen molar-refractivity contribution in [1.82, 2.24) is 0 Å². The lowest BCUT2D eigenvalue weighted by atomic mass is 10.2. The van der Waals surface area contributed by atoms with Crippen molar-refractivity contribution in [2.45, 2.75) is 6.92 Å². The van der Waals surface area contributed by atoms with Crippen LogP contribution in [0.4, 0.5) is 11.4 Å². The topological polar surface area (TPSA) is 105 Å². The number of nitriles is 1. The summed E-state index contributed by atoms with van der Waals surface area (Å²) in [7, 11) is 0. The first-order valence-corrected chi connectivity index (χ1v) is 5.85. The third kappa shape index (κ3) is 3.96. The molecule has 0 amide bonds. The minimum Gasteiger partial charge on any atom is -0.462 e. The minimum absolute atomic E-state index is 0.0527. The average Bonchev–Trinajstić information content (AvgIpc) is 2.39. The molecule has 0 aliphatic rings. The number of esters is 1. The predicted molar refractivity (Wildman–Crippen MR) is 72.1 cm³/mol. The Hall–Kier alpha value is -2.59. The van der Waals surface area contributed by atoms with Gasteiger partial charge >= 0.3 is 5.97 Å². The Balaban J connectivity index is 2.89. The molecule has 0 fully saturated rings. The maximum absolute atomic E-state index is 11.3. The van der Waals surface area contributed by atoms with E-state index < -0.39 is 10.9 Å². The van der Waals surface area contributed by atoms with E-state index in [0.29, 0.717) is 5.69 Å². The predicted octanol–water partition coefficient (Wildman–Crippen LogP) is 2.63. The molecule has 0 bridgehead atoms. The molecule has 0 unspecified atom stereocenters. The number of benzene rings is 1. The first kappa shape index (κ1) is 15.5. The molecule has 0 aliphatic heterocycles. The molecule has 0 atom stereocenters. The number of nitro groups is 1. The summed E-state index contributed by atoms with van der Waals surface area (Å²) in [5.74, 6) is -0.754. The highest BCUT2D eigenvalue weighted by atomic mass is 35.5. The number of hydrogen-bond acceptors (Lipinski definition) is 6. The van der Waals surface area contributed by atoms with Crippen molar-refractivity contribution < 1.29 is 14.5 Å². The molecule has 7 nitrogen and oxygen atoms in total. The SMILES string of the molecule is CCOC(=O)C(C#N)=CNc1ccc([N+](=O)[O-])c(Cl)c1. The van der Waals surface area contributed by atoms with E-state index in [0.717, 1.165) is 6.20 Å². The maximum atomic E-state index is 11.3. The van der Waals surface area contributed by atoms with Crippen molar-refractivity contribution in [3.8, 4) is 6.07 Å². The van der Waals surface area contributed by atoms with E-state index in [1.54, 1.807) is 13.0 Å². The van der Waals surface area contributed by atoms with E-state index in [1.165, 1.54) is 18.2 Å². The molecule has 0 heterocycles. The molecular weight excluding hydrogens is 286 g/mol. The summed E-state index contributed by atoms with van der Waals surface area (Å²) in [6.07, 6.45) is 1.15.